The largest absolute Gasteiger partial charge is 0.514 e. The molecule has 8 nitrogen and oxygen atoms in total. The van der Waals surface area contributed by atoms with E-state index in [-0.39, 0.29) is 36.2 Å². The zero-order chi connectivity index (χ0) is 22.2. The topological polar surface area (TPSA) is 108 Å². The lowest BCUT2D eigenvalue weighted by Crippen LogP contribution is -2.14. The number of hydrogen-bond donors (Lipinski definition) is 1. The van der Waals surface area contributed by atoms with Gasteiger partial charge in [0.15, 0.2) is 0 Å². The summed E-state index contributed by atoms with van der Waals surface area (Å²) in [4.78, 5) is 33.9. The molecule has 0 atom stereocenters. The van der Waals surface area contributed by atoms with Crippen LogP contribution in [-0.2, 0) is 22.6 Å². The third-order valence-electron chi connectivity index (χ3n) is 4.12. The van der Waals surface area contributed by atoms with Crippen LogP contribution in [0.2, 0.25) is 0 Å². The SMILES string of the molecule is O=C(Cc1ccc(F)cc1)Nc1ccc(COC(=O)Oc2ccc([N+](=O)[O-])cc2)cc1. The summed E-state index contributed by atoms with van der Waals surface area (Å²) in [6, 6.07) is 17.4. The molecule has 0 saturated carbocycles. The minimum absolute atomic E-state index is 0.0599. The summed E-state index contributed by atoms with van der Waals surface area (Å²) in [6.45, 7) is -0.0599. The second-order valence-corrected chi connectivity index (χ2v) is 6.44. The number of halogens is 1. The molecule has 0 fully saturated rings. The normalized spacial score (nSPS) is 10.2. The monoisotopic (exact) mass is 424 g/mol. The maximum atomic E-state index is 12.9. The summed E-state index contributed by atoms with van der Waals surface area (Å²) in [5.41, 5.74) is 1.79. The standard InChI is InChI=1S/C22H17FN2O6/c23-17-5-1-15(2-6-17)13-21(26)24-18-7-3-16(4-8-18)14-30-22(27)31-20-11-9-19(10-12-20)25(28)29/h1-12H,13-14H2,(H,24,26). The van der Waals surface area contributed by atoms with Crippen molar-refractivity contribution in [3.8, 4) is 5.75 Å². The first-order valence-electron chi connectivity index (χ1n) is 9.11. The molecule has 3 rings (SSSR count). The number of anilines is 1. The van der Waals surface area contributed by atoms with Crippen LogP contribution in [-0.4, -0.2) is 17.0 Å². The molecule has 0 spiro atoms. The fourth-order valence-electron chi connectivity index (χ4n) is 2.58. The minimum atomic E-state index is -0.953. The fourth-order valence-corrected chi connectivity index (χ4v) is 2.58. The number of rotatable bonds is 7. The Kier molecular flexibility index (Phi) is 6.89. The smallest absolute Gasteiger partial charge is 0.429 e. The maximum Gasteiger partial charge on any atom is 0.514 e. The molecular formula is C22H17FN2O6. The van der Waals surface area contributed by atoms with Crippen LogP contribution in [0.3, 0.4) is 0 Å². The summed E-state index contributed by atoms with van der Waals surface area (Å²) < 4.78 is 22.9. The molecule has 0 saturated heterocycles. The minimum Gasteiger partial charge on any atom is -0.429 e. The second-order valence-electron chi connectivity index (χ2n) is 6.44. The Morgan fingerprint density at radius 1 is 0.903 bits per heavy atom. The number of amides is 1. The van der Waals surface area contributed by atoms with E-state index in [4.69, 9.17) is 9.47 Å². The van der Waals surface area contributed by atoms with Crippen molar-refractivity contribution in [2.24, 2.45) is 0 Å². The number of nitrogens with one attached hydrogen (secondary N) is 1. The molecule has 9 heteroatoms. The van der Waals surface area contributed by atoms with Crippen molar-refractivity contribution in [1.29, 1.82) is 0 Å². The van der Waals surface area contributed by atoms with Crippen LogP contribution in [0.25, 0.3) is 0 Å². The van der Waals surface area contributed by atoms with Gasteiger partial charge in [-0.25, -0.2) is 9.18 Å². The van der Waals surface area contributed by atoms with E-state index in [1.165, 1.54) is 36.4 Å². The Balaban J connectivity index is 1.45. The summed E-state index contributed by atoms with van der Waals surface area (Å²) in [5.74, 6) is -0.490. The number of carbonyl (C=O) groups excluding carboxylic acids is 2. The predicted molar refractivity (Wildman–Crippen MR) is 109 cm³/mol. The first kappa shape index (κ1) is 21.4. The van der Waals surface area contributed by atoms with Gasteiger partial charge in [0.25, 0.3) is 5.69 Å². The van der Waals surface area contributed by atoms with E-state index < -0.39 is 11.1 Å². The van der Waals surface area contributed by atoms with Crippen molar-refractivity contribution in [2.45, 2.75) is 13.0 Å². The van der Waals surface area contributed by atoms with Gasteiger partial charge in [-0.1, -0.05) is 24.3 Å². The fraction of sp³-hybridized carbons (Fsp3) is 0.0909. The Morgan fingerprint density at radius 2 is 1.52 bits per heavy atom. The number of ether oxygens (including phenoxy) is 2. The average Bonchev–Trinajstić information content (AvgIpc) is 2.75. The van der Waals surface area contributed by atoms with Gasteiger partial charge in [0, 0.05) is 17.8 Å². The number of benzene rings is 3. The lowest BCUT2D eigenvalue weighted by molar-refractivity contribution is -0.384. The summed E-state index contributed by atoms with van der Waals surface area (Å²) in [7, 11) is 0. The highest BCUT2D eigenvalue weighted by molar-refractivity contribution is 5.92. The molecule has 0 bridgehead atoms. The van der Waals surface area contributed by atoms with Gasteiger partial charge in [-0.2, -0.15) is 0 Å². The molecule has 0 heterocycles. The van der Waals surface area contributed by atoms with Gasteiger partial charge in [-0.3, -0.25) is 14.9 Å². The molecule has 158 valence electrons. The van der Waals surface area contributed by atoms with Gasteiger partial charge >= 0.3 is 6.16 Å². The molecule has 3 aromatic carbocycles. The first-order chi connectivity index (χ1) is 14.9. The van der Waals surface area contributed by atoms with Crippen molar-refractivity contribution in [3.05, 3.63) is 99.9 Å². The van der Waals surface area contributed by atoms with Gasteiger partial charge in [0.1, 0.15) is 18.2 Å². The van der Waals surface area contributed by atoms with E-state index in [0.29, 0.717) is 16.8 Å². The van der Waals surface area contributed by atoms with Crippen LogP contribution in [0.15, 0.2) is 72.8 Å². The summed E-state index contributed by atoms with van der Waals surface area (Å²) >= 11 is 0. The highest BCUT2D eigenvalue weighted by atomic mass is 19.1. The van der Waals surface area contributed by atoms with Crippen molar-refractivity contribution < 1.29 is 28.4 Å². The molecule has 31 heavy (non-hydrogen) atoms. The summed E-state index contributed by atoms with van der Waals surface area (Å²) in [6.07, 6.45) is -0.842. The van der Waals surface area contributed by atoms with Gasteiger partial charge < -0.3 is 14.8 Å². The Bertz CT molecular complexity index is 1070. The highest BCUT2D eigenvalue weighted by Crippen LogP contribution is 2.18. The van der Waals surface area contributed by atoms with Crippen LogP contribution < -0.4 is 10.1 Å². The third kappa shape index (κ3) is 6.64. The van der Waals surface area contributed by atoms with Gasteiger partial charge in [-0.15, -0.1) is 0 Å². The average molecular weight is 424 g/mol. The number of hydrogen-bond acceptors (Lipinski definition) is 6. The predicted octanol–water partition coefficient (Wildman–Crippen LogP) is 4.63. The van der Waals surface area contributed by atoms with Crippen molar-refractivity contribution in [2.75, 3.05) is 5.32 Å². The Morgan fingerprint density at radius 3 is 2.13 bits per heavy atom. The van der Waals surface area contributed by atoms with E-state index >= 15 is 0 Å². The molecule has 0 aliphatic carbocycles. The van der Waals surface area contributed by atoms with Gasteiger partial charge in [-0.05, 0) is 47.5 Å². The lowest BCUT2D eigenvalue weighted by atomic mass is 10.1. The van der Waals surface area contributed by atoms with E-state index in [0.717, 1.165) is 0 Å². The van der Waals surface area contributed by atoms with Crippen molar-refractivity contribution >= 4 is 23.4 Å². The molecule has 0 unspecified atom stereocenters. The Labute approximate surface area is 176 Å². The van der Waals surface area contributed by atoms with Crippen LogP contribution in [0, 0.1) is 15.9 Å². The van der Waals surface area contributed by atoms with E-state index in [2.05, 4.69) is 5.32 Å². The van der Waals surface area contributed by atoms with Crippen LogP contribution in [0.4, 0.5) is 20.6 Å². The van der Waals surface area contributed by atoms with E-state index in [1.54, 1.807) is 36.4 Å². The maximum absolute atomic E-state index is 12.9. The zero-order valence-corrected chi connectivity index (χ0v) is 16.1. The third-order valence-corrected chi connectivity index (χ3v) is 4.12. The Hall–Kier alpha value is -4.27. The van der Waals surface area contributed by atoms with Crippen LogP contribution in [0.5, 0.6) is 5.75 Å². The molecular weight excluding hydrogens is 407 g/mol. The number of nitrogens with zero attached hydrogens (tertiary/aromatic N) is 1. The first-order valence-corrected chi connectivity index (χ1v) is 9.11. The van der Waals surface area contributed by atoms with Gasteiger partial charge in [0.2, 0.25) is 5.91 Å². The number of nitro groups is 1. The van der Waals surface area contributed by atoms with Crippen LogP contribution >= 0.6 is 0 Å². The molecule has 1 amide bonds. The second kappa shape index (κ2) is 9.97. The van der Waals surface area contributed by atoms with E-state index in [1.807, 2.05) is 0 Å². The van der Waals surface area contributed by atoms with E-state index in [9.17, 15) is 24.1 Å². The molecule has 1 N–H and O–H groups in total. The van der Waals surface area contributed by atoms with Gasteiger partial charge in [0.05, 0.1) is 11.3 Å². The number of carbonyl (C=O) groups is 2. The molecule has 0 radical (unpaired) electrons. The molecule has 3 aromatic rings. The summed E-state index contributed by atoms with van der Waals surface area (Å²) in [5, 5.41) is 13.3. The molecule has 0 aliphatic heterocycles. The lowest BCUT2D eigenvalue weighted by Gasteiger charge is -2.08. The zero-order valence-electron chi connectivity index (χ0n) is 16.1. The van der Waals surface area contributed by atoms with Crippen LogP contribution in [0.1, 0.15) is 11.1 Å². The van der Waals surface area contributed by atoms with Crippen molar-refractivity contribution in [1.82, 2.24) is 0 Å². The van der Waals surface area contributed by atoms with Crippen molar-refractivity contribution in [3.63, 3.8) is 0 Å². The number of nitro benzene ring substituents is 1. The molecule has 0 aliphatic rings. The highest BCUT2D eigenvalue weighted by Gasteiger charge is 2.10. The quantitative estimate of drug-likeness (QED) is 0.256. The number of non-ortho nitro benzene ring substituents is 1. The molecule has 0 aromatic heterocycles.